The molecule has 88 heavy (non-hydrogen) atoms. The third kappa shape index (κ3) is 20.7. The van der Waals surface area contributed by atoms with Crippen molar-refractivity contribution in [1.82, 2.24) is 0 Å². The maximum Gasteiger partial charge on any atom is 0.341 e. The van der Waals surface area contributed by atoms with Gasteiger partial charge in [0, 0.05) is 22.5 Å². The van der Waals surface area contributed by atoms with E-state index < -0.39 is 24.4 Å². The molecule has 0 aromatic heterocycles. The minimum Gasteiger partial charge on any atom is -0.494 e. The first-order chi connectivity index (χ1) is 43.3. The number of aryl methyl sites for hydroxylation is 2. The summed E-state index contributed by atoms with van der Waals surface area (Å²) < 4.78 is 24.6. The van der Waals surface area contributed by atoms with Crippen molar-refractivity contribution in [3.8, 4) is 11.5 Å². The van der Waals surface area contributed by atoms with E-state index in [1.165, 1.54) is 152 Å². The first-order valence-corrected chi connectivity index (χ1v) is 34.2. The maximum atomic E-state index is 14.3. The second kappa shape index (κ2) is 37.6. The fourth-order valence-corrected chi connectivity index (χ4v) is 12.3. The molecular formula is C78H100N2O8. The van der Waals surface area contributed by atoms with E-state index in [4.69, 9.17) is 18.9 Å². The second-order valence-electron chi connectivity index (χ2n) is 24.5. The molecule has 10 nitrogen and oxygen atoms in total. The molecule has 0 saturated carbocycles. The van der Waals surface area contributed by atoms with E-state index in [9.17, 15) is 19.2 Å². The van der Waals surface area contributed by atoms with E-state index in [0.717, 1.165) is 64.2 Å². The Balaban J connectivity index is 0.738. The number of anilines is 2. The molecule has 10 heteroatoms. The summed E-state index contributed by atoms with van der Waals surface area (Å²) in [4.78, 5) is 59.0. The summed E-state index contributed by atoms with van der Waals surface area (Å²) in [6.45, 7) is 5.70. The van der Waals surface area contributed by atoms with Crippen LogP contribution in [0, 0.1) is 0 Å². The fourth-order valence-electron chi connectivity index (χ4n) is 12.3. The van der Waals surface area contributed by atoms with Crippen LogP contribution in [0.25, 0.3) is 0 Å². The zero-order valence-electron chi connectivity index (χ0n) is 53.2. The molecule has 8 rings (SSSR count). The third-order valence-corrected chi connectivity index (χ3v) is 17.6. The lowest BCUT2D eigenvalue weighted by atomic mass is 10.0. The molecule has 2 aliphatic heterocycles. The van der Waals surface area contributed by atoms with Crippen LogP contribution >= 0.6 is 0 Å². The highest BCUT2D eigenvalue weighted by atomic mass is 16.6. The van der Waals surface area contributed by atoms with Gasteiger partial charge in [-0.2, -0.15) is 0 Å². The SMILES string of the molecule is CCCCCCCCCCCCCCc1ccc(N2C(=O)c3ccccc3C(=O)O[C@@H]2c2ccc(OCCCCCCCCOc3ccc([C@H]4OC(=O)c5ccccc5C(=O)N4c4ccc(CCCCCCCCCCCCCC)cc4)cc3)cc2)cc1. The van der Waals surface area contributed by atoms with E-state index >= 15 is 0 Å². The van der Waals surface area contributed by atoms with Crippen LogP contribution in [0.5, 0.6) is 11.5 Å². The van der Waals surface area contributed by atoms with Gasteiger partial charge in [-0.1, -0.05) is 229 Å². The number of esters is 2. The number of carbonyl (C=O) groups excluding carboxylic acids is 4. The second-order valence-corrected chi connectivity index (χ2v) is 24.5. The Labute approximate surface area is 527 Å². The van der Waals surface area contributed by atoms with Crippen LogP contribution in [0.1, 0.15) is 283 Å². The number of unbranched alkanes of at least 4 members (excludes halogenated alkanes) is 27. The number of hydrogen-bond acceptors (Lipinski definition) is 8. The molecule has 0 unspecified atom stereocenters. The molecule has 470 valence electrons. The zero-order chi connectivity index (χ0) is 61.4. The highest BCUT2D eigenvalue weighted by Crippen LogP contribution is 2.38. The van der Waals surface area contributed by atoms with E-state index in [2.05, 4.69) is 38.1 Å². The molecular weight excluding hydrogens is 1090 g/mol. The summed E-state index contributed by atoms with van der Waals surface area (Å²) in [5, 5.41) is 0. The van der Waals surface area contributed by atoms with Gasteiger partial charge in [0.05, 0.1) is 35.5 Å². The normalized spacial score (nSPS) is 14.9. The van der Waals surface area contributed by atoms with Crippen LogP contribution < -0.4 is 19.3 Å². The van der Waals surface area contributed by atoms with Crippen molar-refractivity contribution in [3.63, 3.8) is 0 Å². The van der Waals surface area contributed by atoms with Crippen molar-refractivity contribution in [2.24, 2.45) is 0 Å². The monoisotopic (exact) mass is 1190 g/mol. The smallest absolute Gasteiger partial charge is 0.341 e. The lowest BCUT2D eigenvalue weighted by Crippen LogP contribution is -2.35. The molecule has 0 saturated heterocycles. The van der Waals surface area contributed by atoms with Crippen LogP contribution in [-0.4, -0.2) is 37.0 Å². The molecule has 0 spiro atoms. The predicted molar refractivity (Wildman–Crippen MR) is 357 cm³/mol. The minimum absolute atomic E-state index is 0.261. The quantitative estimate of drug-likeness (QED) is 0.0276. The molecule has 2 heterocycles. The van der Waals surface area contributed by atoms with E-state index in [-0.39, 0.29) is 22.9 Å². The summed E-state index contributed by atoms with van der Waals surface area (Å²) >= 11 is 0. The number of ether oxygens (including phenoxy) is 4. The number of cyclic esters (lactones) is 2. The number of amides is 2. The van der Waals surface area contributed by atoms with Gasteiger partial charge in [0.1, 0.15) is 11.5 Å². The Morgan fingerprint density at radius 3 is 0.920 bits per heavy atom. The standard InChI is InChI=1S/C78H100N2O8/c1-3-5-7-9-11-13-15-17-19-21-25-29-37-61-43-51-65(52-44-61)79-73(81)69-39-31-33-41-71(69)77(83)87-75(79)63-47-55-67(56-48-63)85-59-35-27-23-24-28-36-60-86-68-57-49-64(50-58-68)76-80(74(82)70-40-32-34-42-72(70)78(84)88-76)66-53-45-62(46-54-66)38-30-26-22-20-18-16-14-12-10-8-6-4-2/h31-34,39-58,75-76H,3-30,35-38,59-60H2,1-2H3/t75-,76-/m1/s1. The molecule has 2 aliphatic rings. The molecule has 2 amide bonds. The lowest BCUT2D eigenvalue weighted by Gasteiger charge is -2.30. The molecule has 6 aromatic carbocycles. The Morgan fingerprint density at radius 1 is 0.318 bits per heavy atom. The summed E-state index contributed by atoms with van der Waals surface area (Å²) in [7, 11) is 0. The van der Waals surface area contributed by atoms with Gasteiger partial charge in [-0.15, -0.1) is 0 Å². The largest absolute Gasteiger partial charge is 0.494 e. The van der Waals surface area contributed by atoms with Crippen molar-refractivity contribution in [3.05, 3.63) is 190 Å². The Hall–Kier alpha value is -7.20. The molecule has 0 bridgehead atoms. The number of hydrogen-bond donors (Lipinski definition) is 0. The van der Waals surface area contributed by atoms with Crippen LogP contribution in [-0.2, 0) is 22.3 Å². The van der Waals surface area contributed by atoms with E-state index in [1.54, 1.807) is 58.3 Å². The van der Waals surface area contributed by atoms with E-state index in [0.29, 0.717) is 58.3 Å². The molecule has 6 aromatic rings. The average molecular weight is 1190 g/mol. The van der Waals surface area contributed by atoms with Gasteiger partial charge < -0.3 is 18.9 Å². The molecule has 0 radical (unpaired) electrons. The predicted octanol–water partition coefficient (Wildman–Crippen LogP) is 21.0. The minimum atomic E-state index is -0.958. The van der Waals surface area contributed by atoms with Crippen molar-refractivity contribution >= 4 is 35.1 Å². The topological polar surface area (TPSA) is 112 Å². The van der Waals surface area contributed by atoms with Crippen LogP contribution in [0.15, 0.2) is 146 Å². The third-order valence-electron chi connectivity index (χ3n) is 17.6. The maximum absolute atomic E-state index is 14.3. The van der Waals surface area contributed by atoms with Gasteiger partial charge >= 0.3 is 11.9 Å². The molecule has 0 N–H and O–H groups in total. The number of benzene rings is 6. The highest BCUT2D eigenvalue weighted by Gasteiger charge is 2.39. The van der Waals surface area contributed by atoms with Crippen molar-refractivity contribution < 1.29 is 38.1 Å². The van der Waals surface area contributed by atoms with Gasteiger partial charge in [-0.05, 0) is 147 Å². The van der Waals surface area contributed by atoms with Gasteiger partial charge in [0.2, 0.25) is 12.5 Å². The van der Waals surface area contributed by atoms with Crippen molar-refractivity contribution in [2.75, 3.05) is 23.0 Å². The van der Waals surface area contributed by atoms with Crippen LogP contribution in [0.3, 0.4) is 0 Å². The number of fused-ring (bicyclic) bond motifs is 2. The summed E-state index contributed by atoms with van der Waals surface area (Å²) in [6.07, 6.45) is 37.8. The first kappa shape index (κ1) is 66.7. The number of rotatable bonds is 41. The van der Waals surface area contributed by atoms with Gasteiger partial charge in [-0.25, -0.2) is 9.59 Å². The molecule has 2 atom stereocenters. The summed E-state index contributed by atoms with van der Waals surface area (Å²) in [6, 6.07) is 45.1. The average Bonchev–Trinajstić information content (AvgIpc) is 1.86. The Bertz CT molecular complexity index is 2810. The number of carbonyl (C=O) groups is 4. The van der Waals surface area contributed by atoms with Crippen LogP contribution in [0.2, 0.25) is 0 Å². The van der Waals surface area contributed by atoms with Crippen molar-refractivity contribution in [2.45, 2.75) is 232 Å². The summed E-state index contributed by atoms with van der Waals surface area (Å²) in [5.41, 5.74) is 6.34. The number of nitrogens with zero attached hydrogens (tertiary/aromatic N) is 2. The van der Waals surface area contributed by atoms with Gasteiger partial charge in [0.15, 0.2) is 0 Å². The first-order valence-electron chi connectivity index (χ1n) is 34.2. The fraction of sp³-hybridized carbons (Fsp3) is 0.487. The van der Waals surface area contributed by atoms with E-state index in [1.807, 2.05) is 72.8 Å². The van der Waals surface area contributed by atoms with Crippen molar-refractivity contribution in [1.29, 1.82) is 0 Å². The Kier molecular flexibility index (Phi) is 28.5. The van der Waals surface area contributed by atoms with Crippen LogP contribution in [0.4, 0.5) is 11.4 Å². The van der Waals surface area contributed by atoms with Gasteiger partial charge in [0.25, 0.3) is 11.8 Å². The lowest BCUT2D eigenvalue weighted by molar-refractivity contribution is 0.0292. The molecule has 0 aliphatic carbocycles. The summed E-state index contributed by atoms with van der Waals surface area (Å²) in [5.74, 6) is -0.195. The highest BCUT2D eigenvalue weighted by molar-refractivity contribution is 6.15. The zero-order valence-corrected chi connectivity index (χ0v) is 53.2. The Morgan fingerprint density at radius 2 is 0.602 bits per heavy atom. The molecule has 0 fully saturated rings. The van der Waals surface area contributed by atoms with Gasteiger partial charge in [-0.3, -0.25) is 19.4 Å².